The highest BCUT2D eigenvalue weighted by Gasteiger charge is 2.48. The average molecular weight is 312 g/mol. The number of rotatable bonds is 1. The van der Waals surface area contributed by atoms with E-state index in [1.54, 1.807) is 6.07 Å². The van der Waals surface area contributed by atoms with E-state index in [4.69, 9.17) is 14.2 Å². The summed E-state index contributed by atoms with van der Waals surface area (Å²) in [6.07, 6.45) is -0.739. The minimum absolute atomic E-state index is 0.355. The van der Waals surface area contributed by atoms with Gasteiger partial charge in [-0.2, -0.15) is 0 Å². The van der Waals surface area contributed by atoms with E-state index in [1.807, 2.05) is 24.3 Å². The number of methoxy groups -OCH3 is 1. The molecule has 1 atom stereocenters. The average Bonchev–Trinajstić information content (AvgIpc) is 3.10. The van der Waals surface area contributed by atoms with Crippen molar-refractivity contribution in [3.8, 4) is 17.2 Å². The van der Waals surface area contributed by atoms with Crippen LogP contribution < -0.4 is 14.2 Å². The van der Waals surface area contributed by atoms with Gasteiger partial charge in [0.15, 0.2) is 0 Å². The second-order valence-electron chi connectivity index (χ2n) is 5.87. The molecule has 2 aromatic carbocycles. The standard InChI is InChI=1S/C18H16O5/c1-11-3-5-15-13(7-11)18(9-21-15)10-22-16-6-4-12(8-14(16)18)23-17(19)20-2/h3-8H,9-10H2,1-2H3. The first-order valence-corrected chi connectivity index (χ1v) is 7.39. The first-order valence-electron chi connectivity index (χ1n) is 7.39. The summed E-state index contributed by atoms with van der Waals surface area (Å²) >= 11 is 0. The maximum Gasteiger partial charge on any atom is 0.513 e. The molecule has 0 aliphatic carbocycles. The summed E-state index contributed by atoms with van der Waals surface area (Å²) in [5, 5.41) is 0. The van der Waals surface area contributed by atoms with Crippen LogP contribution in [0.25, 0.3) is 0 Å². The van der Waals surface area contributed by atoms with Gasteiger partial charge >= 0.3 is 6.16 Å². The summed E-state index contributed by atoms with van der Waals surface area (Å²) < 4.78 is 21.4. The molecule has 2 aliphatic rings. The van der Waals surface area contributed by atoms with Crippen molar-refractivity contribution in [3.05, 3.63) is 53.1 Å². The molecule has 1 unspecified atom stereocenters. The first-order chi connectivity index (χ1) is 11.1. The fourth-order valence-electron chi connectivity index (χ4n) is 3.25. The Hall–Kier alpha value is -2.69. The normalized spacial score (nSPS) is 20.4. The molecular formula is C18H16O5. The van der Waals surface area contributed by atoms with Crippen molar-refractivity contribution in [1.82, 2.24) is 0 Å². The number of fused-ring (bicyclic) bond motifs is 4. The van der Waals surface area contributed by atoms with Gasteiger partial charge in [-0.05, 0) is 31.2 Å². The Bertz CT molecular complexity index is 794. The number of carbonyl (C=O) groups excluding carboxylic acids is 1. The number of aryl methyl sites for hydroxylation is 1. The van der Waals surface area contributed by atoms with E-state index < -0.39 is 6.16 Å². The Kier molecular flexibility index (Phi) is 2.98. The highest BCUT2D eigenvalue weighted by molar-refractivity contribution is 5.65. The summed E-state index contributed by atoms with van der Waals surface area (Å²) in [7, 11) is 1.28. The summed E-state index contributed by atoms with van der Waals surface area (Å²) in [6, 6.07) is 11.5. The van der Waals surface area contributed by atoms with Gasteiger partial charge < -0.3 is 18.9 Å². The van der Waals surface area contributed by atoms with Crippen LogP contribution in [0.3, 0.4) is 0 Å². The van der Waals surface area contributed by atoms with E-state index >= 15 is 0 Å². The van der Waals surface area contributed by atoms with Crippen molar-refractivity contribution in [3.63, 3.8) is 0 Å². The van der Waals surface area contributed by atoms with Crippen LogP contribution in [0, 0.1) is 6.92 Å². The Morgan fingerprint density at radius 2 is 1.70 bits per heavy atom. The molecule has 5 heteroatoms. The van der Waals surface area contributed by atoms with Gasteiger partial charge in [-0.15, -0.1) is 0 Å². The fraction of sp³-hybridized carbons (Fsp3) is 0.278. The van der Waals surface area contributed by atoms with Crippen molar-refractivity contribution >= 4 is 6.16 Å². The van der Waals surface area contributed by atoms with Gasteiger partial charge in [0.1, 0.15) is 30.5 Å². The SMILES string of the molecule is COC(=O)Oc1ccc2c(c1)C1(COc3ccc(C)cc31)CO2. The lowest BCUT2D eigenvalue weighted by Crippen LogP contribution is -2.31. The van der Waals surface area contributed by atoms with Crippen LogP contribution in [-0.2, 0) is 10.2 Å². The highest BCUT2D eigenvalue weighted by Crippen LogP contribution is 2.51. The predicted molar refractivity (Wildman–Crippen MR) is 82.4 cm³/mol. The molecule has 0 aromatic heterocycles. The summed E-state index contributed by atoms with van der Waals surface area (Å²) in [6.45, 7) is 3.08. The predicted octanol–water partition coefficient (Wildman–Crippen LogP) is 3.21. The third-order valence-corrected chi connectivity index (χ3v) is 4.43. The lowest BCUT2D eigenvalue weighted by molar-refractivity contribution is 0.121. The van der Waals surface area contributed by atoms with E-state index in [-0.39, 0.29) is 5.41 Å². The third-order valence-electron chi connectivity index (χ3n) is 4.43. The Morgan fingerprint density at radius 1 is 1.04 bits per heavy atom. The molecule has 118 valence electrons. The lowest BCUT2D eigenvalue weighted by atomic mass is 9.77. The molecule has 2 aliphatic heterocycles. The zero-order valence-corrected chi connectivity index (χ0v) is 12.9. The maximum atomic E-state index is 11.3. The van der Waals surface area contributed by atoms with Crippen LogP contribution in [0.4, 0.5) is 4.79 Å². The highest BCUT2D eigenvalue weighted by atomic mass is 16.7. The molecule has 0 N–H and O–H groups in total. The number of hydrogen-bond donors (Lipinski definition) is 0. The molecule has 2 aromatic rings. The van der Waals surface area contributed by atoms with Crippen molar-refractivity contribution in [2.45, 2.75) is 12.3 Å². The molecule has 0 radical (unpaired) electrons. The van der Waals surface area contributed by atoms with Gasteiger partial charge in [0.2, 0.25) is 0 Å². The zero-order valence-electron chi connectivity index (χ0n) is 12.9. The van der Waals surface area contributed by atoms with Gasteiger partial charge in [0.05, 0.1) is 12.5 Å². The molecule has 23 heavy (non-hydrogen) atoms. The molecule has 2 heterocycles. The fourth-order valence-corrected chi connectivity index (χ4v) is 3.25. The van der Waals surface area contributed by atoms with Crippen LogP contribution >= 0.6 is 0 Å². The molecule has 0 saturated heterocycles. The van der Waals surface area contributed by atoms with Gasteiger partial charge in [0, 0.05) is 11.1 Å². The monoisotopic (exact) mass is 312 g/mol. The topological polar surface area (TPSA) is 54.0 Å². The lowest BCUT2D eigenvalue weighted by Gasteiger charge is -2.21. The van der Waals surface area contributed by atoms with Crippen LogP contribution in [0.5, 0.6) is 17.2 Å². The van der Waals surface area contributed by atoms with Crippen molar-refractivity contribution in [2.24, 2.45) is 0 Å². The number of carbonyl (C=O) groups is 1. The molecule has 4 rings (SSSR count). The Labute approximate surface area is 133 Å². The van der Waals surface area contributed by atoms with Crippen LogP contribution in [0.15, 0.2) is 36.4 Å². The van der Waals surface area contributed by atoms with Gasteiger partial charge in [-0.3, -0.25) is 0 Å². The number of benzene rings is 2. The van der Waals surface area contributed by atoms with Gasteiger partial charge in [0.25, 0.3) is 0 Å². The van der Waals surface area contributed by atoms with Crippen molar-refractivity contribution in [1.29, 1.82) is 0 Å². The smallest absolute Gasteiger partial charge is 0.492 e. The van der Waals surface area contributed by atoms with Crippen LogP contribution in [-0.4, -0.2) is 26.5 Å². The number of ether oxygens (including phenoxy) is 4. The minimum atomic E-state index is -0.739. The minimum Gasteiger partial charge on any atom is -0.492 e. The van der Waals surface area contributed by atoms with Gasteiger partial charge in [-0.25, -0.2) is 4.79 Å². The van der Waals surface area contributed by atoms with E-state index in [2.05, 4.69) is 17.7 Å². The maximum absolute atomic E-state index is 11.3. The molecule has 0 bridgehead atoms. The van der Waals surface area contributed by atoms with Crippen LogP contribution in [0.1, 0.15) is 16.7 Å². The molecule has 0 amide bonds. The first kappa shape index (κ1) is 13.9. The second-order valence-corrected chi connectivity index (χ2v) is 5.87. The molecule has 0 fully saturated rings. The quantitative estimate of drug-likeness (QED) is 0.598. The molecule has 5 nitrogen and oxygen atoms in total. The summed E-state index contributed by atoms with van der Waals surface area (Å²) in [5.74, 6) is 2.10. The van der Waals surface area contributed by atoms with Crippen molar-refractivity contribution in [2.75, 3.05) is 20.3 Å². The summed E-state index contributed by atoms with van der Waals surface area (Å²) in [5.41, 5.74) is 2.91. The van der Waals surface area contributed by atoms with Crippen molar-refractivity contribution < 1.29 is 23.7 Å². The van der Waals surface area contributed by atoms with E-state index in [0.717, 1.165) is 22.6 Å². The zero-order chi connectivity index (χ0) is 16.0. The van der Waals surface area contributed by atoms with Crippen LogP contribution in [0.2, 0.25) is 0 Å². The van der Waals surface area contributed by atoms with Gasteiger partial charge in [-0.1, -0.05) is 17.7 Å². The number of hydrogen-bond acceptors (Lipinski definition) is 5. The third kappa shape index (κ3) is 2.04. The van der Waals surface area contributed by atoms with E-state index in [9.17, 15) is 4.79 Å². The van der Waals surface area contributed by atoms with E-state index in [0.29, 0.717) is 19.0 Å². The van der Waals surface area contributed by atoms with E-state index in [1.165, 1.54) is 12.7 Å². The molecule has 0 saturated carbocycles. The Balaban J connectivity index is 1.80. The second kappa shape index (κ2) is 4.91. The Morgan fingerprint density at radius 3 is 2.39 bits per heavy atom. The molecule has 1 spiro atoms. The summed E-state index contributed by atoms with van der Waals surface area (Å²) in [4.78, 5) is 11.3. The molecular weight excluding hydrogens is 296 g/mol. The largest absolute Gasteiger partial charge is 0.513 e.